The lowest BCUT2D eigenvalue weighted by Gasteiger charge is -2.29. The van der Waals surface area contributed by atoms with Crippen LogP contribution < -0.4 is 10.6 Å². The summed E-state index contributed by atoms with van der Waals surface area (Å²) in [4.78, 5) is 62.5. The third-order valence-electron chi connectivity index (χ3n) is 6.36. The van der Waals surface area contributed by atoms with E-state index in [1.807, 2.05) is 6.92 Å². The number of carbonyl (C=O) groups excluding carboxylic acids is 5. The highest BCUT2D eigenvalue weighted by Gasteiger charge is 2.43. The molecule has 3 N–H and O–H groups in total. The average Bonchev–Trinajstić information content (AvgIpc) is 2.89. The van der Waals surface area contributed by atoms with Gasteiger partial charge in [0.1, 0.15) is 12.2 Å². The molecule has 11 heteroatoms. The van der Waals surface area contributed by atoms with Gasteiger partial charge in [-0.1, -0.05) is 45.6 Å². The summed E-state index contributed by atoms with van der Waals surface area (Å²) in [7, 11) is 0. The van der Waals surface area contributed by atoms with Crippen LogP contribution in [0.4, 0.5) is 5.69 Å². The number of amides is 2. The first kappa shape index (κ1) is 30.6. The molecule has 0 spiro atoms. The maximum absolute atomic E-state index is 13.3. The van der Waals surface area contributed by atoms with Crippen molar-refractivity contribution in [2.24, 2.45) is 5.92 Å². The standard InChI is InChI=1S/C27H38N2O9/c1-5-7-8-9-12-19-24(38-21(31)11-6-2)17(4)37-27(35)22(16(3)36-26(19)34)29-25(33)18-13-10-14-20(23(18)32)28-15-30/h10,13-17,19,22,24,32H,5-9,11-12H2,1-4H3,(H,28,30)(H,29,33)/t16-,17+,19-,22+,24+/m1/s1. The van der Waals surface area contributed by atoms with Crippen molar-refractivity contribution in [3.05, 3.63) is 23.8 Å². The summed E-state index contributed by atoms with van der Waals surface area (Å²) in [6.45, 7) is 6.86. The fourth-order valence-corrected chi connectivity index (χ4v) is 4.28. The largest absolute Gasteiger partial charge is 0.505 e. The van der Waals surface area contributed by atoms with Gasteiger partial charge < -0.3 is 30.0 Å². The molecule has 2 amide bonds. The van der Waals surface area contributed by atoms with Gasteiger partial charge in [-0.15, -0.1) is 0 Å². The molecular weight excluding hydrogens is 496 g/mol. The number of hydrogen-bond acceptors (Lipinski definition) is 9. The maximum Gasteiger partial charge on any atom is 0.332 e. The molecule has 1 fully saturated rings. The van der Waals surface area contributed by atoms with Gasteiger partial charge in [-0.25, -0.2) is 4.79 Å². The Morgan fingerprint density at radius 2 is 1.74 bits per heavy atom. The van der Waals surface area contributed by atoms with Gasteiger partial charge in [-0.05, 0) is 38.8 Å². The monoisotopic (exact) mass is 534 g/mol. The van der Waals surface area contributed by atoms with Crippen LogP contribution in [0.15, 0.2) is 18.2 Å². The number of esters is 3. The minimum absolute atomic E-state index is 0.000410. The van der Waals surface area contributed by atoms with E-state index in [1.54, 1.807) is 0 Å². The highest BCUT2D eigenvalue weighted by Crippen LogP contribution is 2.29. The minimum Gasteiger partial charge on any atom is -0.505 e. The second-order valence-corrected chi connectivity index (χ2v) is 9.36. The van der Waals surface area contributed by atoms with Crippen LogP contribution in [0.5, 0.6) is 5.75 Å². The van der Waals surface area contributed by atoms with Crippen molar-refractivity contribution in [3.63, 3.8) is 0 Å². The van der Waals surface area contributed by atoms with E-state index in [0.29, 0.717) is 25.7 Å². The Bertz CT molecular complexity index is 997. The molecule has 210 valence electrons. The molecule has 5 atom stereocenters. The SMILES string of the molecule is CCCCCC[C@H]1C(=O)O[C@H](C)[C@H](NC(=O)c2cccc(NC=O)c2O)C(=O)O[C@@H](C)[C@@H]1OC(=O)CCC. The number of phenolic OH excluding ortho intramolecular Hbond substituents is 1. The number of carbonyl (C=O) groups is 5. The first-order chi connectivity index (χ1) is 18.1. The zero-order valence-corrected chi connectivity index (χ0v) is 22.4. The first-order valence-electron chi connectivity index (χ1n) is 13.1. The molecule has 1 aliphatic heterocycles. The van der Waals surface area contributed by atoms with E-state index < -0.39 is 59.8 Å². The van der Waals surface area contributed by atoms with Crippen molar-refractivity contribution < 1.29 is 43.3 Å². The van der Waals surface area contributed by atoms with Crippen LogP contribution in [0, 0.1) is 5.92 Å². The molecule has 1 heterocycles. The number of hydrogen-bond donors (Lipinski definition) is 3. The number of para-hydroxylation sites is 1. The van der Waals surface area contributed by atoms with Crippen LogP contribution in [0.3, 0.4) is 0 Å². The average molecular weight is 535 g/mol. The van der Waals surface area contributed by atoms with Gasteiger partial charge in [0.15, 0.2) is 17.9 Å². The Morgan fingerprint density at radius 3 is 2.39 bits per heavy atom. The molecular formula is C27H38N2O9. The van der Waals surface area contributed by atoms with E-state index in [9.17, 15) is 29.1 Å². The summed E-state index contributed by atoms with van der Waals surface area (Å²) in [5.74, 6) is -4.27. The molecule has 1 aromatic rings. The first-order valence-corrected chi connectivity index (χ1v) is 13.1. The third kappa shape index (κ3) is 8.19. The van der Waals surface area contributed by atoms with Gasteiger partial charge in [0.05, 0.1) is 17.2 Å². The van der Waals surface area contributed by atoms with Crippen LogP contribution in [-0.2, 0) is 33.4 Å². The smallest absolute Gasteiger partial charge is 0.332 e. The minimum atomic E-state index is -1.41. The Hall–Kier alpha value is -3.63. The predicted octanol–water partition coefficient (Wildman–Crippen LogP) is 3.23. The zero-order chi connectivity index (χ0) is 28.2. The van der Waals surface area contributed by atoms with Gasteiger partial charge in [0, 0.05) is 6.42 Å². The number of unbranched alkanes of at least 4 members (excludes halogenated alkanes) is 3. The summed E-state index contributed by atoms with van der Waals surface area (Å²) in [5.41, 5.74) is -0.211. The molecule has 0 saturated carbocycles. The second kappa shape index (κ2) is 14.9. The Balaban J connectivity index is 2.33. The fourth-order valence-electron chi connectivity index (χ4n) is 4.28. The van der Waals surface area contributed by atoms with Gasteiger partial charge in [0.25, 0.3) is 5.91 Å². The molecule has 1 aromatic carbocycles. The van der Waals surface area contributed by atoms with E-state index in [-0.39, 0.29) is 17.7 Å². The molecule has 0 radical (unpaired) electrons. The number of phenols is 1. The van der Waals surface area contributed by atoms with Crippen LogP contribution in [0.2, 0.25) is 0 Å². The molecule has 1 aliphatic rings. The lowest BCUT2D eigenvalue weighted by Crippen LogP contribution is -2.50. The van der Waals surface area contributed by atoms with Crippen LogP contribution >= 0.6 is 0 Å². The van der Waals surface area contributed by atoms with Crippen LogP contribution in [0.25, 0.3) is 0 Å². The molecule has 0 bridgehead atoms. The Labute approximate surface area is 222 Å². The van der Waals surface area contributed by atoms with Gasteiger partial charge in [0.2, 0.25) is 6.41 Å². The molecule has 38 heavy (non-hydrogen) atoms. The Morgan fingerprint density at radius 1 is 1.03 bits per heavy atom. The van der Waals surface area contributed by atoms with Crippen LogP contribution in [0.1, 0.15) is 83.0 Å². The molecule has 2 rings (SSSR count). The topological polar surface area (TPSA) is 157 Å². The van der Waals surface area contributed by atoms with Crippen molar-refractivity contribution in [2.45, 2.75) is 97.0 Å². The van der Waals surface area contributed by atoms with Gasteiger partial charge >= 0.3 is 17.9 Å². The maximum atomic E-state index is 13.3. The molecule has 11 nitrogen and oxygen atoms in total. The van der Waals surface area contributed by atoms with Crippen molar-refractivity contribution in [1.29, 1.82) is 0 Å². The molecule has 0 aromatic heterocycles. The van der Waals surface area contributed by atoms with Gasteiger partial charge in [-0.2, -0.15) is 0 Å². The van der Waals surface area contributed by atoms with E-state index in [4.69, 9.17) is 14.2 Å². The quantitative estimate of drug-likeness (QED) is 0.120. The number of nitrogens with one attached hydrogen (secondary N) is 2. The summed E-state index contributed by atoms with van der Waals surface area (Å²) >= 11 is 0. The second-order valence-electron chi connectivity index (χ2n) is 9.36. The van der Waals surface area contributed by atoms with Crippen LogP contribution in [-0.4, -0.2) is 59.7 Å². The summed E-state index contributed by atoms with van der Waals surface area (Å²) < 4.78 is 16.8. The number of benzene rings is 1. The number of cyclic esters (lactones) is 2. The normalized spacial score (nSPS) is 23.6. The van der Waals surface area contributed by atoms with E-state index in [0.717, 1.165) is 19.3 Å². The van der Waals surface area contributed by atoms with Crippen molar-refractivity contribution in [2.75, 3.05) is 5.32 Å². The number of ether oxygens (including phenoxy) is 3. The third-order valence-corrected chi connectivity index (χ3v) is 6.36. The molecule has 0 aliphatic carbocycles. The molecule has 0 unspecified atom stereocenters. The van der Waals surface area contributed by atoms with Gasteiger partial charge in [-0.3, -0.25) is 19.2 Å². The summed E-state index contributed by atoms with van der Waals surface area (Å²) in [6.07, 6.45) is 1.78. The lowest BCUT2D eigenvalue weighted by atomic mass is 9.92. The Kier molecular flexibility index (Phi) is 12.0. The number of anilines is 1. The van der Waals surface area contributed by atoms with E-state index in [1.165, 1.54) is 32.0 Å². The molecule has 1 saturated heterocycles. The lowest BCUT2D eigenvalue weighted by molar-refractivity contribution is -0.175. The zero-order valence-electron chi connectivity index (χ0n) is 22.4. The van der Waals surface area contributed by atoms with E-state index >= 15 is 0 Å². The van der Waals surface area contributed by atoms with Crippen molar-refractivity contribution >= 4 is 35.9 Å². The van der Waals surface area contributed by atoms with Crippen molar-refractivity contribution in [3.8, 4) is 5.75 Å². The van der Waals surface area contributed by atoms with E-state index in [2.05, 4.69) is 17.6 Å². The summed E-state index contributed by atoms with van der Waals surface area (Å²) in [5, 5.41) is 15.1. The number of aromatic hydroxyl groups is 1. The predicted molar refractivity (Wildman–Crippen MR) is 137 cm³/mol. The summed E-state index contributed by atoms with van der Waals surface area (Å²) in [6, 6.07) is 2.71. The number of rotatable bonds is 12. The van der Waals surface area contributed by atoms with Crippen molar-refractivity contribution in [1.82, 2.24) is 5.32 Å². The highest BCUT2D eigenvalue weighted by atomic mass is 16.6. The highest BCUT2D eigenvalue weighted by molar-refractivity contribution is 6.01. The fraction of sp³-hybridized carbons (Fsp3) is 0.593.